The lowest BCUT2D eigenvalue weighted by Gasteiger charge is -2.26. The molecule has 1 aliphatic rings. The van der Waals surface area contributed by atoms with Crippen molar-refractivity contribution >= 4 is 5.91 Å². The van der Waals surface area contributed by atoms with E-state index in [1.807, 2.05) is 18.5 Å². The molecule has 1 atom stereocenters. The summed E-state index contributed by atoms with van der Waals surface area (Å²) in [5, 5.41) is 7.23. The van der Waals surface area contributed by atoms with Crippen LogP contribution in [0.15, 0.2) is 6.33 Å². The Labute approximate surface area is 125 Å². The Morgan fingerprint density at radius 3 is 2.86 bits per heavy atom. The van der Waals surface area contributed by atoms with Gasteiger partial charge in [-0.25, -0.2) is 9.67 Å². The van der Waals surface area contributed by atoms with Crippen LogP contribution in [0, 0.1) is 0 Å². The van der Waals surface area contributed by atoms with Gasteiger partial charge in [-0.3, -0.25) is 9.69 Å². The van der Waals surface area contributed by atoms with Crippen molar-refractivity contribution in [2.45, 2.75) is 39.3 Å². The lowest BCUT2D eigenvalue weighted by molar-refractivity contribution is -0.122. The molecule has 0 aliphatic carbocycles. The monoisotopic (exact) mass is 295 g/mol. The van der Waals surface area contributed by atoms with E-state index < -0.39 is 0 Å². The molecule has 1 aromatic rings. The summed E-state index contributed by atoms with van der Waals surface area (Å²) in [5.41, 5.74) is 0. The highest BCUT2D eigenvalue weighted by atomic mass is 16.5. The molecule has 0 bridgehead atoms. The van der Waals surface area contributed by atoms with Crippen molar-refractivity contribution in [3.8, 4) is 0 Å². The number of nitrogens with zero attached hydrogens (tertiary/aromatic N) is 4. The number of amides is 1. The first-order valence-electron chi connectivity index (χ1n) is 7.71. The molecule has 1 aromatic heterocycles. The Hall–Kier alpha value is -1.47. The predicted octanol–water partition coefficient (Wildman–Crippen LogP) is 0.588. The first-order valence-corrected chi connectivity index (χ1v) is 7.71. The van der Waals surface area contributed by atoms with Crippen molar-refractivity contribution in [3.63, 3.8) is 0 Å². The van der Waals surface area contributed by atoms with E-state index in [0.717, 1.165) is 51.6 Å². The summed E-state index contributed by atoms with van der Waals surface area (Å²) >= 11 is 0. The van der Waals surface area contributed by atoms with Crippen molar-refractivity contribution in [1.82, 2.24) is 25.0 Å². The molecule has 1 N–H and O–H groups in total. The molecule has 7 nitrogen and oxygen atoms in total. The Morgan fingerprint density at radius 2 is 2.19 bits per heavy atom. The van der Waals surface area contributed by atoms with Gasteiger partial charge in [0.1, 0.15) is 12.2 Å². The summed E-state index contributed by atoms with van der Waals surface area (Å²) in [6.45, 7) is 8.95. The molecule has 0 radical (unpaired) electrons. The van der Waals surface area contributed by atoms with Crippen molar-refractivity contribution < 1.29 is 9.53 Å². The van der Waals surface area contributed by atoms with Gasteiger partial charge in [-0.05, 0) is 13.3 Å². The lowest BCUT2D eigenvalue weighted by atomic mass is 10.2. The third-order valence-corrected chi connectivity index (χ3v) is 3.76. The van der Waals surface area contributed by atoms with E-state index in [0.29, 0.717) is 6.42 Å². The third-order valence-electron chi connectivity index (χ3n) is 3.76. The van der Waals surface area contributed by atoms with Crippen LogP contribution < -0.4 is 5.32 Å². The van der Waals surface area contributed by atoms with E-state index in [1.165, 1.54) is 0 Å². The van der Waals surface area contributed by atoms with Crippen LogP contribution in [0.1, 0.15) is 38.6 Å². The SMILES string of the molecule is CCC(NC(=O)CCN1CCOCC1)c1ncnn1CC. The first-order chi connectivity index (χ1) is 10.2. The second-order valence-corrected chi connectivity index (χ2v) is 5.17. The third kappa shape index (κ3) is 4.50. The van der Waals surface area contributed by atoms with Crippen molar-refractivity contribution in [2.24, 2.45) is 0 Å². The highest BCUT2D eigenvalue weighted by Crippen LogP contribution is 2.13. The first kappa shape index (κ1) is 15.9. The molecule has 118 valence electrons. The number of nitrogens with one attached hydrogen (secondary N) is 1. The van der Waals surface area contributed by atoms with E-state index in [4.69, 9.17) is 4.74 Å². The number of aryl methyl sites for hydroxylation is 1. The predicted molar refractivity (Wildman–Crippen MR) is 78.7 cm³/mol. The minimum absolute atomic E-state index is 0.0651. The highest BCUT2D eigenvalue weighted by Gasteiger charge is 2.19. The minimum atomic E-state index is -0.0651. The minimum Gasteiger partial charge on any atom is -0.379 e. The average Bonchev–Trinajstić information content (AvgIpc) is 3.00. The van der Waals surface area contributed by atoms with Gasteiger partial charge in [-0.2, -0.15) is 5.10 Å². The number of rotatable bonds is 7. The second-order valence-electron chi connectivity index (χ2n) is 5.17. The number of ether oxygens (including phenoxy) is 1. The maximum Gasteiger partial charge on any atom is 0.221 e. The fourth-order valence-electron chi connectivity index (χ4n) is 2.49. The Morgan fingerprint density at radius 1 is 1.43 bits per heavy atom. The summed E-state index contributed by atoms with van der Waals surface area (Å²) < 4.78 is 7.13. The maximum atomic E-state index is 12.1. The summed E-state index contributed by atoms with van der Waals surface area (Å²) in [6.07, 6.45) is 2.86. The van der Waals surface area contributed by atoms with E-state index >= 15 is 0 Å². The molecule has 0 aromatic carbocycles. The Bertz CT molecular complexity index is 442. The maximum absolute atomic E-state index is 12.1. The zero-order chi connectivity index (χ0) is 15.1. The van der Waals surface area contributed by atoms with E-state index in [-0.39, 0.29) is 11.9 Å². The summed E-state index contributed by atoms with van der Waals surface area (Å²) in [5.74, 6) is 0.902. The van der Waals surface area contributed by atoms with Gasteiger partial charge in [-0.1, -0.05) is 6.92 Å². The van der Waals surface area contributed by atoms with Crippen molar-refractivity contribution in [2.75, 3.05) is 32.8 Å². The van der Waals surface area contributed by atoms with Crippen LogP contribution in [0.3, 0.4) is 0 Å². The fraction of sp³-hybridized carbons (Fsp3) is 0.786. The molecule has 0 spiro atoms. The number of aromatic nitrogens is 3. The van der Waals surface area contributed by atoms with Crippen LogP contribution in [0.4, 0.5) is 0 Å². The van der Waals surface area contributed by atoms with Gasteiger partial charge in [-0.15, -0.1) is 0 Å². The molecule has 1 saturated heterocycles. The average molecular weight is 295 g/mol. The molecule has 21 heavy (non-hydrogen) atoms. The molecular formula is C14H25N5O2. The van der Waals surface area contributed by atoms with E-state index in [1.54, 1.807) is 6.33 Å². The van der Waals surface area contributed by atoms with Crippen LogP contribution in [0.2, 0.25) is 0 Å². The number of morpholine rings is 1. The van der Waals surface area contributed by atoms with Crippen molar-refractivity contribution in [1.29, 1.82) is 0 Å². The number of carbonyl (C=O) groups is 1. The van der Waals surface area contributed by atoms with E-state index in [9.17, 15) is 4.79 Å². The zero-order valence-corrected chi connectivity index (χ0v) is 12.9. The smallest absolute Gasteiger partial charge is 0.221 e. The van der Waals surface area contributed by atoms with Crippen LogP contribution in [0.25, 0.3) is 0 Å². The molecule has 2 heterocycles. The molecule has 1 unspecified atom stereocenters. The zero-order valence-electron chi connectivity index (χ0n) is 12.9. The summed E-state index contributed by atoms with van der Waals surface area (Å²) in [7, 11) is 0. The van der Waals surface area contributed by atoms with Gasteiger partial charge in [0.25, 0.3) is 0 Å². The fourth-order valence-corrected chi connectivity index (χ4v) is 2.49. The topological polar surface area (TPSA) is 72.3 Å². The normalized spacial score (nSPS) is 17.6. The molecule has 2 rings (SSSR count). The highest BCUT2D eigenvalue weighted by molar-refractivity contribution is 5.76. The van der Waals surface area contributed by atoms with Crippen LogP contribution in [-0.4, -0.2) is 58.4 Å². The number of carbonyl (C=O) groups excluding carboxylic acids is 1. The lowest BCUT2D eigenvalue weighted by Crippen LogP contribution is -2.39. The van der Waals surface area contributed by atoms with Gasteiger partial charge < -0.3 is 10.1 Å². The second kappa shape index (κ2) is 8.09. The summed E-state index contributed by atoms with van der Waals surface area (Å²) in [6, 6.07) is -0.0651. The van der Waals surface area contributed by atoms with Crippen LogP contribution >= 0.6 is 0 Å². The molecule has 1 fully saturated rings. The van der Waals surface area contributed by atoms with E-state index in [2.05, 4.69) is 20.3 Å². The van der Waals surface area contributed by atoms with Gasteiger partial charge >= 0.3 is 0 Å². The van der Waals surface area contributed by atoms with Gasteiger partial charge in [0.05, 0.1) is 19.3 Å². The molecular weight excluding hydrogens is 270 g/mol. The van der Waals surface area contributed by atoms with Crippen LogP contribution in [-0.2, 0) is 16.1 Å². The number of hydrogen-bond donors (Lipinski definition) is 1. The number of hydrogen-bond acceptors (Lipinski definition) is 5. The largest absolute Gasteiger partial charge is 0.379 e. The summed E-state index contributed by atoms with van der Waals surface area (Å²) in [4.78, 5) is 18.7. The Kier molecular flexibility index (Phi) is 6.13. The van der Waals surface area contributed by atoms with Gasteiger partial charge in [0, 0.05) is 32.6 Å². The molecule has 1 amide bonds. The van der Waals surface area contributed by atoms with Gasteiger partial charge in [0.2, 0.25) is 5.91 Å². The molecule has 0 saturated carbocycles. The van der Waals surface area contributed by atoms with Crippen LogP contribution in [0.5, 0.6) is 0 Å². The van der Waals surface area contributed by atoms with Crippen molar-refractivity contribution in [3.05, 3.63) is 12.2 Å². The molecule has 1 aliphatic heterocycles. The standard InChI is InChI=1S/C14H25N5O2/c1-3-12(14-15-11-16-19(14)4-2)17-13(20)5-6-18-7-9-21-10-8-18/h11-12H,3-10H2,1-2H3,(H,17,20). The Balaban J connectivity index is 1.82. The quantitative estimate of drug-likeness (QED) is 0.797. The molecule has 7 heteroatoms. The van der Waals surface area contributed by atoms with Gasteiger partial charge in [0.15, 0.2) is 0 Å².